The van der Waals surface area contributed by atoms with Crippen LogP contribution in [-0.2, 0) is 14.3 Å². The number of nitrogens with one attached hydrogen (secondary N) is 2. The lowest BCUT2D eigenvalue weighted by atomic mass is 9.99. The molecule has 0 saturated heterocycles. The van der Waals surface area contributed by atoms with Crippen LogP contribution in [0.25, 0.3) is 0 Å². The molecule has 4 N–H and O–H groups in total. The van der Waals surface area contributed by atoms with E-state index in [4.69, 9.17) is 16.3 Å². The summed E-state index contributed by atoms with van der Waals surface area (Å²) in [5.74, 6) is -1.51. The lowest BCUT2D eigenvalue weighted by Gasteiger charge is -2.33. The molecule has 2 atom stereocenters. The first-order valence-corrected chi connectivity index (χ1v) is 11.9. The summed E-state index contributed by atoms with van der Waals surface area (Å²) in [4.78, 5) is 40.6. The molecule has 0 bridgehead atoms. The number of nitrogens with zero attached hydrogens (tertiary/aromatic N) is 1. The maximum atomic E-state index is 13.7. The van der Waals surface area contributed by atoms with E-state index in [0.29, 0.717) is 21.8 Å². The highest BCUT2D eigenvalue weighted by Gasteiger charge is 2.37. The Morgan fingerprint density at radius 3 is 2.25 bits per heavy atom. The van der Waals surface area contributed by atoms with Gasteiger partial charge in [-0.05, 0) is 58.7 Å². The average Bonchev–Trinajstić information content (AvgIpc) is 2.78. The van der Waals surface area contributed by atoms with Crippen molar-refractivity contribution in [1.29, 1.82) is 0 Å². The number of aliphatic hydroxyl groups excluding tert-OH is 1. The number of ether oxygens (including phenoxy) is 1. The number of hydrogen-bond donors (Lipinski definition) is 4. The second-order valence-corrected chi connectivity index (χ2v) is 9.75. The number of carbonyl (C=O) groups is 3. The van der Waals surface area contributed by atoms with Gasteiger partial charge in [-0.25, -0.2) is 4.79 Å². The number of phenols is 1. The minimum absolute atomic E-state index is 0.0261. The van der Waals surface area contributed by atoms with E-state index in [2.05, 4.69) is 10.6 Å². The van der Waals surface area contributed by atoms with Gasteiger partial charge in [0.25, 0.3) is 5.91 Å². The average molecular weight is 520 g/mol. The third-order valence-corrected chi connectivity index (χ3v) is 5.70. The highest BCUT2D eigenvalue weighted by molar-refractivity contribution is 6.34. The second-order valence-electron chi connectivity index (χ2n) is 9.34. The van der Waals surface area contributed by atoms with Gasteiger partial charge in [-0.1, -0.05) is 41.9 Å². The van der Waals surface area contributed by atoms with Crippen molar-refractivity contribution in [2.24, 2.45) is 0 Å². The Labute approximate surface area is 216 Å². The zero-order valence-corrected chi connectivity index (χ0v) is 22.1. The van der Waals surface area contributed by atoms with Gasteiger partial charge < -0.3 is 30.5 Å². The van der Waals surface area contributed by atoms with E-state index >= 15 is 0 Å². The number of anilines is 1. The highest BCUT2D eigenvalue weighted by Crippen LogP contribution is 2.34. The fourth-order valence-electron chi connectivity index (χ4n) is 3.64. The van der Waals surface area contributed by atoms with E-state index < -0.39 is 42.2 Å². The summed E-state index contributed by atoms with van der Waals surface area (Å²) >= 11 is 6.30. The van der Waals surface area contributed by atoms with Gasteiger partial charge in [0.1, 0.15) is 23.4 Å². The SMILES string of the molecule is CCN(C(=O)C(CO)NC(=O)OC(C)(C)C)C(C(=O)Nc1c(C)cccc1Cl)c1cccc(C)c1O. The lowest BCUT2D eigenvalue weighted by molar-refractivity contribution is -0.141. The van der Waals surface area contributed by atoms with Crippen molar-refractivity contribution in [3.63, 3.8) is 0 Å². The van der Waals surface area contributed by atoms with Crippen LogP contribution in [0.15, 0.2) is 36.4 Å². The quantitative estimate of drug-likeness (QED) is 0.416. The number of phenolic OH excluding ortho intramolecular Hbond substituents is 1. The van der Waals surface area contributed by atoms with Crippen LogP contribution in [0.2, 0.25) is 5.02 Å². The minimum atomic E-state index is -1.39. The molecule has 0 radical (unpaired) electrons. The Balaban J connectivity index is 2.50. The summed E-state index contributed by atoms with van der Waals surface area (Å²) in [6, 6.07) is 7.33. The Bertz CT molecular complexity index is 1100. The van der Waals surface area contributed by atoms with Crippen LogP contribution in [0, 0.1) is 13.8 Å². The number of halogens is 1. The summed E-state index contributed by atoms with van der Waals surface area (Å²) < 4.78 is 5.20. The van der Waals surface area contributed by atoms with Gasteiger partial charge in [0, 0.05) is 12.1 Å². The van der Waals surface area contributed by atoms with Gasteiger partial charge in [-0.3, -0.25) is 9.59 Å². The maximum Gasteiger partial charge on any atom is 0.408 e. The van der Waals surface area contributed by atoms with E-state index in [0.717, 1.165) is 0 Å². The van der Waals surface area contributed by atoms with Crippen molar-refractivity contribution in [1.82, 2.24) is 10.2 Å². The van der Waals surface area contributed by atoms with E-state index in [1.165, 1.54) is 11.0 Å². The normalized spacial score (nSPS) is 12.9. The number of alkyl carbamates (subject to hydrolysis) is 1. The predicted octanol–water partition coefficient (Wildman–Crippen LogP) is 4.08. The molecule has 36 heavy (non-hydrogen) atoms. The fraction of sp³-hybridized carbons (Fsp3) is 0.423. The molecule has 0 aliphatic heterocycles. The summed E-state index contributed by atoms with van der Waals surface area (Å²) in [5, 5.41) is 26.1. The van der Waals surface area contributed by atoms with Crippen molar-refractivity contribution < 1.29 is 29.3 Å². The summed E-state index contributed by atoms with van der Waals surface area (Å²) in [5.41, 5.74) is 0.947. The zero-order chi connectivity index (χ0) is 27.2. The van der Waals surface area contributed by atoms with Gasteiger partial charge in [-0.2, -0.15) is 0 Å². The largest absolute Gasteiger partial charge is 0.507 e. The van der Waals surface area contributed by atoms with Crippen LogP contribution < -0.4 is 10.6 Å². The van der Waals surface area contributed by atoms with E-state index in [1.54, 1.807) is 71.9 Å². The van der Waals surface area contributed by atoms with Gasteiger partial charge in [-0.15, -0.1) is 0 Å². The topological polar surface area (TPSA) is 128 Å². The number of carbonyl (C=O) groups excluding carboxylic acids is 3. The van der Waals surface area contributed by atoms with Gasteiger partial charge in [0.15, 0.2) is 0 Å². The first kappa shape index (κ1) is 28.9. The fourth-order valence-corrected chi connectivity index (χ4v) is 3.90. The van der Waals surface area contributed by atoms with Gasteiger partial charge in [0.2, 0.25) is 5.91 Å². The Hall–Kier alpha value is -3.30. The third-order valence-electron chi connectivity index (χ3n) is 5.39. The highest BCUT2D eigenvalue weighted by atomic mass is 35.5. The maximum absolute atomic E-state index is 13.7. The van der Waals surface area contributed by atoms with Gasteiger partial charge in [0.05, 0.1) is 17.3 Å². The van der Waals surface area contributed by atoms with E-state index in [9.17, 15) is 24.6 Å². The summed E-state index contributed by atoms with van der Waals surface area (Å²) in [6.45, 7) is 9.38. The van der Waals surface area contributed by atoms with Crippen molar-refractivity contribution in [3.8, 4) is 5.75 Å². The smallest absolute Gasteiger partial charge is 0.408 e. The van der Waals surface area contributed by atoms with Gasteiger partial charge >= 0.3 is 6.09 Å². The third kappa shape index (κ3) is 7.11. The number of amides is 3. The molecular formula is C26H34ClN3O6. The Morgan fingerprint density at radius 1 is 1.08 bits per heavy atom. The summed E-state index contributed by atoms with van der Waals surface area (Å²) in [7, 11) is 0. The van der Waals surface area contributed by atoms with Crippen molar-refractivity contribution >= 4 is 35.2 Å². The Kier molecular flexibility index (Phi) is 9.72. The molecule has 2 aromatic rings. The van der Waals surface area contributed by atoms with Crippen molar-refractivity contribution in [2.45, 2.75) is 59.2 Å². The zero-order valence-electron chi connectivity index (χ0n) is 21.4. The number of benzene rings is 2. The molecule has 0 aliphatic carbocycles. The van der Waals surface area contributed by atoms with Crippen molar-refractivity contribution in [2.75, 3.05) is 18.5 Å². The van der Waals surface area contributed by atoms with Crippen molar-refractivity contribution in [3.05, 3.63) is 58.1 Å². The number of aryl methyl sites for hydroxylation is 2. The van der Waals surface area contributed by atoms with Crippen LogP contribution >= 0.6 is 11.6 Å². The van der Waals surface area contributed by atoms with Crippen LogP contribution in [0.3, 0.4) is 0 Å². The first-order valence-electron chi connectivity index (χ1n) is 11.6. The van der Waals surface area contributed by atoms with Crippen LogP contribution in [0.5, 0.6) is 5.75 Å². The molecule has 0 aromatic heterocycles. The van der Waals surface area contributed by atoms with Crippen LogP contribution in [0.4, 0.5) is 10.5 Å². The molecule has 10 heteroatoms. The van der Waals surface area contributed by atoms with E-state index in [-0.39, 0.29) is 17.9 Å². The standard InChI is InChI=1S/C26H34ClN3O6/c1-7-30(24(34)19(14-31)28-25(35)36-26(4,5)6)21(17-12-8-11-16(3)22(17)32)23(33)29-20-15(2)10-9-13-18(20)27/h8-13,19,21,31-32H,7,14H2,1-6H3,(H,28,35)(H,29,33). The minimum Gasteiger partial charge on any atom is -0.507 e. The molecular weight excluding hydrogens is 486 g/mol. The van der Waals surface area contributed by atoms with Crippen LogP contribution in [0.1, 0.15) is 50.4 Å². The molecule has 0 heterocycles. The van der Waals surface area contributed by atoms with Crippen LogP contribution in [-0.4, -0.2) is 57.8 Å². The molecule has 0 spiro atoms. The molecule has 196 valence electrons. The number of rotatable bonds is 8. The molecule has 2 rings (SSSR count). The second kappa shape index (κ2) is 12.1. The molecule has 9 nitrogen and oxygen atoms in total. The summed E-state index contributed by atoms with van der Waals surface area (Å²) in [6.07, 6.45) is -0.892. The number of aliphatic hydroxyl groups is 1. The number of likely N-dealkylation sites (N-methyl/N-ethyl adjacent to an activating group) is 1. The van der Waals surface area contributed by atoms with E-state index in [1.807, 2.05) is 0 Å². The molecule has 3 amide bonds. The monoisotopic (exact) mass is 519 g/mol. The number of aromatic hydroxyl groups is 1. The molecule has 2 aromatic carbocycles. The molecule has 0 fully saturated rings. The molecule has 2 unspecified atom stereocenters. The first-order chi connectivity index (χ1) is 16.8. The number of para-hydroxylation sites is 2. The molecule has 0 aliphatic rings. The molecule has 0 saturated carbocycles. The number of hydrogen-bond acceptors (Lipinski definition) is 6. The lowest BCUT2D eigenvalue weighted by Crippen LogP contribution is -2.53. The Morgan fingerprint density at radius 2 is 1.69 bits per heavy atom. The predicted molar refractivity (Wildman–Crippen MR) is 138 cm³/mol.